The Bertz CT molecular complexity index is 3340. The zero-order valence-electron chi connectivity index (χ0n) is 41.3. The quantitative estimate of drug-likeness (QED) is 0.0586. The molecule has 4 N–H and O–H groups in total. The number of amides is 1. The Balaban J connectivity index is 0.000000218. The van der Waals surface area contributed by atoms with E-state index >= 15 is 0 Å². The minimum Gasteiger partial charge on any atom is -0.478 e. The number of carbonyl (C=O) groups excluding carboxylic acids is 1. The number of aromatic carboxylic acids is 1. The first kappa shape index (κ1) is 59.9. The number of carboxylic acids is 1. The maximum absolute atomic E-state index is 14.5. The first-order valence-corrected chi connectivity index (χ1v) is 29.5. The average molecular weight is 1160 g/mol. The Hall–Kier alpha value is -6.38. The van der Waals surface area contributed by atoms with Gasteiger partial charge in [0.05, 0.1) is 15.4 Å². The number of rotatable bonds is 21. The van der Waals surface area contributed by atoms with E-state index in [1.165, 1.54) is 41.3 Å². The summed E-state index contributed by atoms with van der Waals surface area (Å²) in [6, 6.07) is 58.5. The summed E-state index contributed by atoms with van der Waals surface area (Å²) < 4.78 is 79.4. The number of sulfonamides is 2. The van der Waals surface area contributed by atoms with Crippen LogP contribution in [0.5, 0.6) is 0 Å². The van der Waals surface area contributed by atoms with Crippen molar-refractivity contribution in [2.24, 2.45) is 5.14 Å². The number of carboxylic acid groups (broad SMARTS) is 1. The van der Waals surface area contributed by atoms with E-state index in [1.807, 2.05) is 48.5 Å². The lowest BCUT2D eigenvalue weighted by molar-refractivity contribution is 0.0696. The zero-order valence-corrected chi connectivity index (χ0v) is 46.1. The first-order valence-electron chi connectivity index (χ1n) is 23.7. The molecule has 0 radical (unpaired) electrons. The van der Waals surface area contributed by atoms with Crippen LogP contribution in [0.1, 0.15) is 43.0 Å². The lowest BCUT2D eigenvalue weighted by Crippen LogP contribution is -2.30. The van der Waals surface area contributed by atoms with Crippen molar-refractivity contribution < 1.29 is 40.3 Å². The van der Waals surface area contributed by atoms with Gasteiger partial charge >= 0.3 is 5.97 Å². The number of hydrogen-bond acceptors (Lipinski definition) is 10. The Labute approximate surface area is 467 Å². The van der Waals surface area contributed by atoms with Gasteiger partial charge in [-0.25, -0.2) is 40.3 Å². The van der Waals surface area contributed by atoms with E-state index < -0.39 is 31.9 Å². The molecule has 8 aromatic carbocycles. The number of nitrogens with two attached hydrogens (primary N) is 1. The molecule has 0 aliphatic carbocycles. The summed E-state index contributed by atoms with van der Waals surface area (Å²) in [6.45, 7) is 2.96. The third kappa shape index (κ3) is 19.9. The summed E-state index contributed by atoms with van der Waals surface area (Å²) in [7, 11) is -7.78. The van der Waals surface area contributed by atoms with Crippen LogP contribution in [-0.2, 0) is 46.2 Å². The topological polar surface area (TPSA) is 167 Å². The number of benzene rings is 8. The Morgan fingerprint density at radius 3 is 1.23 bits per heavy atom. The molecular formula is C58H54Cl2F2N4O7S4. The van der Waals surface area contributed by atoms with E-state index in [0.717, 1.165) is 27.5 Å². The van der Waals surface area contributed by atoms with Crippen molar-refractivity contribution in [2.45, 2.75) is 45.8 Å². The fourth-order valence-corrected chi connectivity index (χ4v) is 11.2. The molecule has 0 heterocycles. The van der Waals surface area contributed by atoms with Crippen LogP contribution in [0.4, 0.5) is 8.78 Å². The molecule has 0 bridgehead atoms. The monoisotopic (exact) mass is 1150 g/mol. The molecule has 77 heavy (non-hydrogen) atoms. The molecule has 0 fully saturated rings. The van der Waals surface area contributed by atoms with Gasteiger partial charge < -0.3 is 5.11 Å². The van der Waals surface area contributed by atoms with E-state index in [2.05, 4.69) is 26.7 Å². The maximum atomic E-state index is 14.5. The van der Waals surface area contributed by atoms with Crippen molar-refractivity contribution in [2.75, 3.05) is 24.6 Å². The lowest BCUT2D eigenvalue weighted by Gasteiger charge is -2.23. The van der Waals surface area contributed by atoms with Crippen molar-refractivity contribution in [3.05, 3.63) is 261 Å². The summed E-state index contributed by atoms with van der Waals surface area (Å²) in [5.74, 6) is -0.699. The molecule has 0 aliphatic heterocycles. The van der Waals surface area contributed by atoms with E-state index in [4.69, 9.17) is 33.4 Å². The highest BCUT2D eigenvalue weighted by Crippen LogP contribution is 2.26. The molecular weight excluding hydrogens is 1100 g/mol. The molecule has 0 aliphatic rings. The van der Waals surface area contributed by atoms with Gasteiger partial charge in [-0.3, -0.25) is 14.6 Å². The number of nitrogens with zero attached hydrogens (tertiary/aromatic N) is 2. The van der Waals surface area contributed by atoms with Crippen LogP contribution >= 0.6 is 46.7 Å². The first-order chi connectivity index (χ1) is 36.9. The maximum Gasteiger partial charge on any atom is 0.335 e. The summed E-state index contributed by atoms with van der Waals surface area (Å²) in [4.78, 5) is 29.1. The highest BCUT2D eigenvalue weighted by molar-refractivity contribution is 7.99. The molecule has 19 heteroatoms. The van der Waals surface area contributed by atoms with Gasteiger partial charge in [-0.1, -0.05) is 132 Å². The van der Waals surface area contributed by atoms with E-state index in [1.54, 1.807) is 133 Å². The molecule has 8 rings (SSSR count). The van der Waals surface area contributed by atoms with E-state index in [9.17, 15) is 35.2 Å². The number of primary sulfonamides is 1. The minimum absolute atomic E-state index is 0.0196. The summed E-state index contributed by atoms with van der Waals surface area (Å²) in [5, 5.41) is 14.3. The van der Waals surface area contributed by atoms with E-state index in [-0.39, 0.29) is 27.0 Å². The second kappa shape index (κ2) is 30.0. The number of halogens is 4. The number of carbonyl (C=O) groups is 2. The Morgan fingerprint density at radius 2 is 0.870 bits per heavy atom. The Morgan fingerprint density at radius 1 is 0.494 bits per heavy atom. The number of nitrogens with one attached hydrogen (secondary N) is 1. The largest absolute Gasteiger partial charge is 0.478 e. The summed E-state index contributed by atoms with van der Waals surface area (Å²) in [5.41, 5.74) is 3.20. The van der Waals surface area contributed by atoms with Gasteiger partial charge in [0.15, 0.2) is 0 Å². The van der Waals surface area contributed by atoms with Gasteiger partial charge in [-0.05, 0) is 108 Å². The van der Waals surface area contributed by atoms with Gasteiger partial charge in [0.1, 0.15) is 11.6 Å². The summed E-state index contributed by atoms with van der Waals surface area (Å²) >= 11 is 15.9. The van der Waals surface area contributed by atoms with Crippen LogP contribution < -0.4 is 9.86 Å². The fraction of sp³-hybridized carbons (Fsp3) is 0.138. The van der Waals surface area contributed by atoms with Gasteiger partial charge in [0.25, 0.3) is 15.9 Å². The van der Waals surface area contributed by atoms with Crippen LogP contribution in [0.15, 0.2) is 226 Å². The van der Waals surface area contributed by atoms with Crippen LogP contribution in [0, 0.1) is 11.6 Å². The third-order valence-corrected chi connectivity index (χ3v) is 16.3. The van der Waals surface area contributed by atoms with Crippen LogP contribution in [0.3, 0.4) is 0 Å². The van der Waals surface area contributed by atoms with Crippen molar-refractivity contribution in [1.82, 2.24) is 14.5 Å². The molecule has 0 aromatic heterocycles. The predicted octanol–water partition coefficient (Wildman–Crippen LogP) is 12.7. The second-order valence-electron chi connectivity index (χ2n) is 16.9. The molecule has 8 aromatic rings. The summed E-state index contributed by atoms with van der Waals surface area (Å²) in [6.07, 6.45) is 0. The molecule has 0 atom stereocenters. The van der Waals surface area contributed by atoms with Crippen molar-refractivity contribution in [3.8, 4) is 0 Å². The van der Waals surface area contributed by atoms with Gasteiger partial charge in [-0.15, -0.1) is 23.5 Å². The fourth-order valence-electron chi connectivity index (χ4n) is 7.35. The minimum atomic E-state index is -4.04. The standard InChI is InChI=1S/C29H26ClFN2O3S2.C22H22ClFN2O2S2.C7H6O2/c30-27-12-7-13-28(31)26(27)21-33(18-19-37-24-10-5-2-6-11-24)20-22-14-16-25(17-15-22)38(35,36)32-29(34)23-8-3-1-4-9-23;23-21-7-4-8-22(24)20(21)16-26(13-14-29-18-5-2-1-3-6-18)15-17-9-11-19(12-10-17)30(25,27)28;8-7(9)6-4-2-1-3-5-6/h1-17H,18-21H2,(H,32,34);1-12H,13-16H2,(H2,25,27,28);1-5H,(H,8,9). The molecule has 11 nitrogen and oxygen atoms in total. The lowest BCUT2D eigenvalue weighted by atomic mass is 10.1. The highest BCUT2D eigenvalue weighted by atomic mass is 35.5. The smallest absolute Gasteiger partial charge is 0.335 e. The molecule has 0 unspecified atom stereocenters. The van der Waals surface area contributed by atoms with Crippen LogP contribution in [0.2, 0.25) is 10.0 Å². The average Bonchev–Trinajstić information content (AvgIpc) is 3.42. The molecule has 0 spiro atoms. The van der Waals surface area contributed by atoms with Crippen LogP contribution in [0.25, 0.3) is 0 Å². The van der Waals surface area contributed by atoms with Crippen molar-refractivity contribution >= 4 is 78.6 Å². The van der Waals surface area contributed by atoms with Gasteiger partial charge in [-0.2, -0.15) is 0 Å². The third-order valence-electron chi connectivity index (χ3n) is 11.3. The van der Waals surface area contributed by atoms with Crippen molar-refractivity contribution in [3.63, 3.8) is 0 Å². The molecule has 0 saturated heterocycles. The van der Waals surface area contributed by atoms with Gasteiger partial charge in [0.2, 0.25) is 10.0 Å². The SMILES string of the molecule is NS(=O)(=O)c1ccc(CN(CCSc2ccccc2)Cc2c(F)cccc2Cl)cc1.O=C(NS(=O)(=O)c1ccc(CN(CCSc2ccccc2)Cc2c(F)cccc2Cl)cc1)c1ccccc1.O=C(O)c1ccccc1. The predicted molar refractivity (Wildman–Crippen MR) is 304 cm³/mol. The Kier molecular flexibility index (Phi) is 23.3. The number of thioether (sulfide) groups is 2. The van der Waals surface area contributed by atoms with Crippen molar-refractivity contribution in [1.29, 1.82) is 0 Å². The number of hydrogen-bond donors (Lipinski definition) is 3. The van der Waals surface area contributed by atoms with Gasteiger partial charge in [0, 0.05) is 87.3 Å². The normalized spacial score (nSPS) is 11.3. The molecule has 400 valence electrons. The van der Waals surface area contributed by atoms with Crippen LogP contribution in [-0.4, -0.2) is 68.2 Å². The van der Waals surface area contributed by atoms with E-state index in [0.29, 0.717) is 66.0 Å². The molecule has 0 saturated carbocycles. The second-order valence-corrected chi connectivity index (χ2v) is 23.3. The highest BCUT2D eigenvalue weighted by Gasteiger charge is 2.20. The zero-order chi connectivity index (χ0) is 55.2. The molecule has 1 amide bonds.